The molecular weight excluding hydrogens is 1570 g/mol. The van der Waals surface area contributed by atoms with E-state index < -0.39 is 10.8 Å². The van der Waals surface area contributed by atoms with E-state index in [9.17, 15) is 0 Å². The quantitative estimate of drug-likeness (QED) is 0.123. The smallest absolute Gasteiger partial charge is 0.0714 e. The van der Waals surface area contributed by atoms with Crippen LogP contribution >= 0.6 is 0 Å². The van der Waals surface area contributed by atoms with E-state index in [1.165, 1.54) is 227 Å². The van der Waals surface area contributed by atoms with Crippen molar-refractivity contribution in [3.63, 3.8) is 0 Å². The molecule has 0 spiro atoms. The van der Waals surface area contributed by atoms with Crippen LogP contribution in [0.3, 0.4) is 0 Å². The average Bonchev–Trinajstić information content (AvgIpc) is 1.64. The monoisotopic (exact) mass is 1650 g/mol. The topological polar surface area (TPSA) is 19.7 Å². The zero-order chi connectivity index (χ0) is 86.1. The van der Waals surface area contributed by atoms with Gasteiger partial charge in [0.1, 0.15) is 0 Å². The van der Waals surface area contributed by atoms with E-state index >= 15 is 0 Å². The molecule has 24 aromatic rings. The Kier molecular flexibility index (Phi) is 16.8. The van der Waals surface area contributed by atoms with Gasteiger partial charge >= 0.3 is 0 Å². The molecule has 4 heterocycles. The van der Waals surface area contributed by atoms with Crippen molar-refractivity contribution in [3.05, 3.63) is 528 Å². The first-order chi connectivity index (χ1) is 64.1. The van der Waals surface area contributed by atoms with E-state index in [1.807, 2.05) is 0 Å². The molecule has 0 unspecified atom stereocenters. The molecule has 4 aromatic heterocycles. The molecule has 0 amide bonds. The maximum Gasteiger partial charge on any atom is 0.0714 e. The van der Waals surface area contributed by atoms with Gasteiger partial charge in [0.15, 0.2) is 0 Å². The van der Waals surface area contributed by atoms with Crippen molar-refractivity contribution >= 4 is 87.2 Å². The predicted molar refractivity (Wildman–Crippen MR) is 543 cm³/mol. The van der Waals surface area contributed by atoms with Crippen molar-refractivity contribution < 1.29 is 0 Å². The minimum Gasteiger partial charge on any atom is -0.309 e. The van der Waals surface area contributed by atoms with Gasteiger partial charge in [-0.2, -0.15) is 0 Å². The number of para-hydroxylation sites is 3. The summed E-state index contributed by atoms with van der Waals surface area (Å²) in [6.45, 7) is 6.90. The molecule has 0 saturated heterocycles. The highest BCUT2D eigenvalue weighted by atomic mass is 15.0. The second-order valence-electron chi connectivity index (χ2n) is 36.2. The zero-order valence-corrected chi connectivity index (χ0v) is 72.2. The molecule has 0 N–H and O–H groups in total. The maximum atomic E-state index is 2.48. The van der Waals surface area contributed by atoms with Crippen LogP contribution in [0.25, 0.3) is 177 Å². The number of aromatic nitrogens is 4. The fourth-order valence-corrected chi connectivity index (χ4v) is 23.3. The van der Waals surface area contributed by atoms with Gasteiger partial charge in [0, 0.05) is 71.3 Å². The maximum absolute atomic E-state index is 2.48. The SMILES string of the molecule is Cc1ccc2c3cc(-c4ccc5c(c4)c4ccccc4n5-c4ccc5c(c4)C(C)(C)c4ccccc4-5)ccc3n(-c3ccc(-c4ccccc4)cc3)c2c1.c1ccc(C2(c3ccccc3)c3ccccc3-c3ccc(-n4c5ccccc5c5cc(-c6ccc7c(c6)c6ccccc6n7-c6ccc7c(c6)C(c6ccccc6)(c6ccccc6)c6ccccc6-7)ccc54)cc32)cc1. The fourth-order valence-electron chi connectivity index (χ4n) is 23.3. The Labute approximate surface area is 755 Å². The highest BCUT2D eigenvalue weighted by Crippen LogP contribution is 2.60. The lowest BCUT2D eigenvalue weighted by Gasteiger charge is -2.34. The molecule has 0 aliphatic heterocycles. The van der Waals surface area contributed by atoms with Crippen LogP contribution in [0.5, 0.6) is 0 Å². The molecule has 610 valence electrons. The molecule has 0 atom stereocenters. The Morgan fingerprint density at radius 3 is 0.823 bits per heavy atom. The zero-order valence-electron chi connectivity index (χ0n) is 72.2. The molecular formula is C126H86N4. The molecule has 0 saturated carbocycles. The molecule has 3 aliphatic rings. The van der Waals surface area contributed by atoms with E-state index in [4.69, 9.17) is 0 Å². The summed E-state index contributed by atoms with van der Waals surface area (Å²) < 4.78 is 9.84. The molecule has 0 bridgehead atoms. The number of hydrogen-bond acceptors (Lipinski definition) is 0. The molecule has 27 rings (SSSR count). The lowest BCUT2D eigenvalue weighted by Crippen LogP contribution is -2.28. The number of nitrogens with zero attached hydrogens (tertiary/aromatic N) is 4. The Bertz CT molecular complexity index is 8360. The van der Waals surface area contributed by atoms with Crippen molar-refractivity contribution in [1.82, 2.24) is 18.3 Å². The first-order valence-electron chi connectivity index (χ1n) is 45.4. The van der Waals surface area contributed by atoms with E-state index in [0.717, 1.165) is 11.4 Å². The Morgan fingerprint density at radius 1 is 0.162 bits per heavy atom. The Hall–Kier alpha value is -16.4. The van der Waals surface area contributed by atoms with Crippen LogP contribution in [-0.4, -0.2) is 18.3 Å². The van der Waals surface area contributed by atoms with Crippen LogP contribution in [0.15, 0.2) is 467 Å². The minimum absolute atomic E-state index is 0.0556. The fraction of sp³-hybridized carbons (Fsp3) is 0.0476. The summed E-state index contributed by atoms with van der Waals surface area (Å²) in [7, 11) is 0. The number of aryl methyl sites for hydroxylation is 1. The Balaban J connectivity index is 0.000000145. The van der Waals surface area contributed by atoms with Crippen LogP contribution in [0.1, 0.15) is 75.0 Å². The second-order valence-corrected chi connectivity index (χ2v) is 36.2. The van der Waals surface area contributed by atoms with Crippen LogP contribution < -0.4 is 0 Å². The first-order valence-corrected chi connectivity index (χ1v) is 45.4. The van der Waals surface area contributed by atoms with E-state index in [2.05, 4.69) is 506 Å². The summed E-state index contributed by atoms with van der Waals surface area (Å²) in [5.74, 6) is 0. The Morgan fingerprint density at radius 2 is 0.431 bits per heavy atom. The van der Waals surface area contributed by atoms with Gasteiger partial charge in [-0.1, -0.05) is 360 Å². The van der Waals surface area contributed by atoms with Crippen molar-refractivity contribution in [1.29, 1.82) is 0 Å². The van der Waals surface area contributed by atoms with Gasteiger partial charge in [0.25, 0.3) is 0 Å². The summed E-state index contributed by atoms with van der Waals surface area (Å²) in [5.41, 5.74) is 42.7. The highest BCUT2D eigenvalue weighted by Gasteiger charge is 2.48. The van der Waals surface area contributed by atoms with Crippen LogP contribution in [-0.2, 0) is 16.2 Å². The summed E-state index contributed by atoms with van der Waals surface area (Å²) in [6, 6.07) is 174. The predicted octanol–water partition coefficient (Wildman–Crippen LogP) is 32.1. The lowest BCUT2D eigenvalue weighted by atomic mass is 9.67. The average molecular weight is 1660 g/mol. The van der Waals surface area contributed by atoms with Gasteiger partial charge in [-0.3, -0.25) is 0 Å². The van der Waals surface area contributed by atoms with E-state index in [1.54, 1.807) is 0 Å². The molecule has 20 aromatic carbocycles. The molecule has 4 heteroatoms. The third kappa shape index (κ3) is 11.0. The summed E-state index contributed by atoms with van der Waals surface area (Å²) in [4.78, 5) is 0. The second kappa shape index (κ2) is 29.1. The summed E-state index contributed by atoms with van der Waals surface area (Å²) in [5, 5.41) is 10.0. The highest BCUT2D eigenvalue weighted by molar-refractivity contribution is 6.16. The number of benzene rings is 20. The van der Waals surface area contributed by atoms with Crippen LogP contribution in [0, 0.1) is 6.92 Å². The van der Waals surface area contributed by atoms with Gasteiger partial charge in [-0.15, -0.1) is 0 Å². The van der Waals surface area contributed by atoms with Gasteiger partial charge < -0.3 is 18.3 Å². The molecule has 130 heavy (non-hydrogen) atoms. The molecule has 4 nitrogen and oxygen atoms in total. The standard InChI is InChI=1S/C74H48N2.C52H38N2/c1-5-21-51(22-6-1)73(52-23-7-2-8-24-52)65-33-17-13-29-57(65)59-41-39-55(47-67(59)73)75-69-35-19-15-31-61(69)63-45-49(37-43-71(63)75)50-38-44-72-64(46-50)62-32-16-20-36-70(62)76(72)56-40-42-60-58-30-14-18-34-66(58)74(68(60)48-56,53-25-9-3-10-26-53)54-27-11-4-12-28-54;1-33-17-25-43-45-31-37(20-27-49(45)53(51(43)29-33)38-22-18-35(19-23-38)34-11-5-4-6-12-34)36-21-28-50-44(30-36)42-14-8-10-16-48(42)54(50)39-24-26-41-40-13-7-9-15-46(40)52(2,3)47(41)32-39/h1-48H;4-32H,1-3H3. The number of rotatable bonds is 11. The minimum atomic E-state index is -0.487. The van der Waals surface area contributed by atoms with Crippen molar-refractivity contribution in [2.45, 2.75) is 37.0 Å². The first kappa shape index (κ1) is 75.0. The summed E-state index contributed by atoms with van der Waals surface area (Å²) >= 11 is 0. The molecule has 3 aliphatic carbocycles. The number of hydrogen-bond donors (Lipinski definition) is 0. The van der Waals surface area contributed by atoms with Gasteiger partial charge in [-0.25, -0.2) is 0 Å². The third-order valence-electron chi connectivity index (χ3n) is 29.1. The van der Waals surface area contributed by atoms with Crippen LogP contribution in [0.2, 0.25) is 0 Å². The summed E-state index contributed by atoms with van der Waals surface area (Å²) in [6.07, 6.45) is 0. The van der Waals surface area contributed by atoms with Gasteiger partial charge in [0.2, 0.25) is 0 Å². The molecule has 0 fully saturated rings. The van der Waals surface area contributed by atoms with Crippen LogP contribution in [0.4, 0.5) is 0 Å². The van der Waals surface area contributed by atoms with Crippen molar-refractivity contribution in [2.24, 2.45) is 0 Å². The normalized spacial score (nSPS) is 13.5. The van der Waals surface area contributed by atoms with Gasteiger partial charge in [-0.05, 0) is 256 Å². The molecule has 0 radical (unpaired) electrons. The lowest BCUT2D eigenvalue weighted by molar-refractivity contribution is 0.660. The van der Waals surface area contributed by atoms with Crippen molar-refractivity contribution in [2.75, 3.05) is 0 Å². The largest absolute Gasteiger partial charge is 0.309 e. The number of fused-ring (bicyclic) bond motifs is 21. The van der Waals surface area contributed by atoms with Crippen molar-refractivity contribution in [3.8, 4) is 89.5 Å². The van der Waals surface area contributed by atoms with E-state index in [-0.39, 0.29) is 5.41 Å². The van der Waals surface area contributed by atoms with E-state index in [0.29, 0.717) is 0 Å². The van der Waals surface area contributed by atoms with Gasteiger partial charge in [0.05, 0.1) is 55.0 Å². The third-order valence-corrected chi connectivity index (χ3v) is 29.1.